The van der Waals surface area contributed by atoms with Crippen LogP contribution in [0.3, 0.4) is 0 Å². The van der Waals surface area contributed by atoms with Crippen LogP contribution in [0.5, 0.6) is 0 Å². The lowest BCUT2D eigenvalue weighted by molar-refractivity contribution is -0.149. The molecule has 0 saturated carbocycles. The molecule has 0 aliphatic heterocycles. The van der Waals surface area contributed by atoms with Gasteiger partial charge in [0.15, 0.2) is 0 Å². The van der Waals surface area contributed by atoms with Gasteiger partial charge in [0, 0.05) is 19.3 Å². The summed E-state index contributed by atoms with van der Waals surface area (Å²) in [4.78, 5) is 22.0. The van der Waals surface area contributed by atoms with Crippen LogP contribution < -0.4 is 0 Å². The summed E-state index contributed by atoms with van der Waals surface area (Å²) in [5, 5.41) is 0. The van der Waals surface area contributed by atoms with Gasteiger partial charge in [-0.25, -0.2) is 0 Å². The normalized spacial score (nSPS) is 23.9. The largest absolute Gasteiger partial charge is 0.458 e. The first-order valence-corrected chi connectivity index (χ1v) is 5.23. The first kappa shape index (κ1) is 11.8. The van der Waals surface area contributed by atoms with Gasteiger partial charge in [0.25, 0.3) is 0 Å². The molecule has 0 bridgehead atoms. The minimum atomic E-state index is -0.243. The third-order valence-electron chi connectivity index (χ3n) is 2.15. The molecule has 0 aromatic rings. The fourth-order valence-electron chi connectivity index (χ4n) is 1.31. The van der Waals surface area contributed by atoms with Crippen molar-refractivity contribution >= 4 is 11.9 Å². The Kier molecular flexibility index (Phi) is 4.34. The van der Waals surface area contributed by atoms with Crippen LogP contribution in [0.4, 0.5) is 0 Å². The summed E-state index contributed by atoms with van der Waals surface area (Å²) in [5.41, 5.74) is 0. The maximum atomic E-state index is 11.0. The lowest BCUT2D eigenvalue weighted by Gasteiger charge is -2.13. The van der Waals surface area contributed by atoms with Gasteiger partial charge in [-0.2, -0.15) is 0 Å². The Balaban J connectivity index is 2.31. The molecule has 2 atom stereocenters. The number of carbonyl (C=O) groups is 2. The van der Waals surface area contributed by atoms with E-state index in [1.54, 1.807) is 26.0 Å². The molecular weight excluding hydrogens is 196 g/mol. The minimum absolute atomic E-state index is 0.230. The summed E-state index contributed by atoms with van der Waals surface area (Å²) in [7, 11) is 0. The van der Waals surface area contributed by atoms with Crippen LogP contribution in [-0.2, 0) is 19.1 Å². The fraction of sp³-hybridized carbons (Fsp3) is 0.636. The van der Waals surface area contributed by atoms with Crippen LogP contribution >= 0.6 is 0 Å². The van der Waals surface area contributed by atoms with Crippen molar-refractivity contribution in [3.05, 3.63) is 12.2 Å². The van der Waals surface area contributed by atoms with Gasteiger partial charge in [-0.3, -0.25) is 9.59 Å². The van der Waals surface area contributed by atoms with Gasteiger partial charge >= 0.3 is 11.9 Å². The van der Waals surface area contributed by atoms with Crippen LogP contribution in [0, 0.1) is 0 Å². The Bertz CT molecular complexity index is 244. The standard InChI is InChI=1S/C11H16O4/c1-3-10(12)14-8-5-6-9(7-8)15-11(13)4-2/h5-6,8-9H,3-4,7H2,1-2H3/t8-,9?/m0/s1. The Labute approximate surface area is 89.2 Å². The summed E-state index contributed by atoms with van der Waals surface area (Å²) >= 11 is 0. The fourth-order valence-corrected chi connectivity index (χ4v) is 1.31. The highest BCUT2D eigenvalue weighted by Crippen LogP contribution is 2.18. The van der Waals surface area contributed by atoms with Crippen molar-refractivity contribution in [3.8, 4) is 0 Å². The average molecular weight is 212 g/mol. The Hall–Kier alpha value is -1.32. The van der Waals surface area contributed by atoms with E-state index in [4.69, 9.17) is 9.47 Å². The minimum Gasteiger partial charge on any atom is -0.458 e. The quantitative estimate of drug-likeness (QED) is 0.524. The number of hydrogen-bond acceptors (Lipinski definition) is 4. The number of esters is 2. The third-order valence-corrected chi connectivity index (χ3v) is 2.15. The van der Waals surface area contributed by atoms with E-state index in [0.29, 0.717) is 19.3 Å². The van der Waals surface area contributed by atoms with Crippen LogP contribution in [0.15, 0.2) is 12.2 Å². The van der Waals surface area contributed by atoms with Crippen molar-refractivity contribution < 1.29 is 19.1 Å². The van der Waals surface area contributed by atoms with Gasteiger partial charge in [0.05, 0.1) is 0 Å². The SMILES string of the molecule is CCC(=O)OC1C=C[C@H](OC(=O)CC)C1. The number of rotatable bonds is 4. The van der Waals surface area contributed by atoms with E-state index in [1.807, 2.05) is 0 Å². The second kappa shape index (κ2) is 5.53. The van der Waals surface area contributed by atoms with E-state index >= 15 is 0 Å². The van der Waals surface area contributed by atoms with Gasteiger partial charge in [0.2, 0.25) is 0 Å². The summed E-state index contributed by atoms with van der Waals surface area (Å²) < 4.78 is 10.2. The van der Waals surface area contributed by atoms with Gasteiger partial charge in [0.1, 0.15) is 12.2 Å². The van der Waals surface area contributed by atoms with Crippen molar-refractivity contribution in [1.29, 1.82) is 0 Å². The highest BCUT2D eigenvalue weighted by molar-refractivity contribution is 5.70. The molecule has 0 amide bonds. The first-order valence-electron chi connectivity index (χ1n) is 5.23. The summed E-state index contributed by atoms with van der Waals surface area (Å²) in [5.74, 6) is -0.459. The predicted octanol–water partition coefficient (Wildman–Crippen LogP) is 1.59. The summed E-state index contributed by atoms with van der Waals surface area (Å²) in [6, 6.07) is 0. The van der Waals surface area contributed by atoms with E-state index in [9.17, 15) is 9.59 Å². The molecule has 4 nitrogen and oxygen atoms in total. The molecule has 1 rings (SSSR count). The van der Waals surface area contributed by atoms with Crippen molar-refractivity contribution in [2.75, 3.05) is 0 Å². The zero-order chi connectivity index (χ0) is 11.3. The highest BCUT2D eigenvalue weighted by Gasteiger charge is 2.23. The second-order valence-corrected chi connectivity index (χ2v) is 3.38. The van der Waals surface area contributed by atoms with Crippen molar-refractivity contribution in [2.45, 2.75) is 45.3 Å². The van der Waals surface area contributed by atoms with Gasteiger partial charge < -0.3 is 9.47 Å². The zero-order valence-corrected chi connectivity index (χ0v) is 9.06. The molecule has 0 aromatic carbocycles. The molecule has 0 aromatic heterocycles. The Morgan fingerprint density at radius 2 is 1.47 bits per heavy atom. The van der Waals surface area contributed by atoms with Gasteiger partial charge in [-0.1, -0.05) is 13.8 Å². The van der Waals surface area contributed by atoms with Crippen molar-refractivity contribution in [3.63, 3.8) is 0 Å². The first-order chi connectivity index (χ1) is 7.15. The third kappa shape index (κ3) is 3.73. The molecule has 84 valence electrons. The van der Waals surface area contributed by atoms with Crippen LogP contribution in [0.2, 0.25) is 0 Å². The smallest absolute Gasteiger partial charge is 0.306 e. The topological polar surface area (TPSA) is 52.6 Å². The lowest BCUT2D eigenvalue weighted by Crippen LogP contribution is -2.19. The second-order valence-electron chi connectivity index (χ2n) is 3.38. The molecule has 1 unspecified atom stereocenters. The van der Waals surface area contributed by atoms with Gasteiger partial charge in [-0.05, 0) is 12.2 Å². The highest BCUT2D eigenvalue weighted by atomic mass is 16.6. The lowest BCUT2D eigenvalue weighted by atomic mass is 10.3. The van der Waals surface area contributed by atoms with E-state index in [0.717, 1.165) is 0 Å². The van der Waals surface area contributed by atoms with E-state index in [-0.39, 0.29) is 24.1 Å². The Morgan fingerprint density at radius 1 is 1.07 bits per heavy atom. The molecular formula is C11H16O4. The zero-order valence-electron chi connectivity index (χ0n) is 9.06. The molecule has 0 N–H and O–H groups in total. The van der Waals surface area contributed by atoms with Crippen LogP contribution in [0.25, 0.3) is 0 Å². The molecule has 0 spiro atoms. The monoisotopic (exact) mass is 212 g/mol. The molecule has 0 heterocycles. The Morgan fingerprint density at radius 3 is 1.80 bits per heavy atom. The molecule has 0 radical (unpaired) electrons. The maximum Gasteiger partial charge on any atom is 0.306 e. The summed E-state index contributed by atoms with van der Waals surface area (Å²) in [6.07, 6.45) is 4.31. The average Bonchev–Trinajstić information content (AvgIpc) is 2.65. The molecule has 15 heavy (non-hydrogen) atoms. The molecule has 1 aliphatic carbocycles. The number of carbonyl (C=O) groups excluding carboxylic acids is 2. The molecule has 0 saturated heterocycles. The van der Waals surface area contributed by atoms with E-state index in [1.165, 1.54) is 0 Å². The van der Waals surface area contributed by atoms with Crippen LogP contribution in [0.1, 0.15) is 33.1 Å². The molecule has 1 aliphatic rings. The predicted molar refractivity (Wildman–Crippen MR) is 54.1 cm³/mol. The van der Waals surface area contributed by atoms with Crippen molar-refractivity contribution in [1.82, 2.24) is 0 Å². The number of hydrogen-bond donors (Lipinski definition) is 0. The van der Waals surface area contributed by atoms with Crippen LogP contribution in [-0.4, -0.2) is 24.1 Å². The van der Waals surface area contributed by atoms with Crippen molar-refractivity contribution in [2.24, 2.45) is 0 Å². The van der Waals surface area contributed by atoms with Gasteiger partial charge in [-0.15, -0.1) is 0 Å². The maximum absolute atomic E-state index is 11.0. The molecule has 0 fully saturated rings. The number of ether oxygens (including phenoxy) is 2. The van der Waals surface area contributed by atoms with E-state index in [2.05, 4.69) is 0 Å². The van der Waals surface area contributed by atoms with E-state index < -0.39 is 0 Å². The molecule has 4 heteroatoms. The summed E-state index contributed by atoms with van der Waals surface area (Å²) in [6.45, 7) is 3.49.